The van der Waals surface area contributed by atoms with E-state index in [0.29, 0.717) is 30.0 Å². The van der Waals surface area contributed by atoms with Gasteiger partial charge in [0.15, 0.2) is 0 Å². The zero-order valence-corrected chi connectivity index (χ0v) is 14.2. The van der Waals surface area contributed by atoms with Crippen LogP contribution in [0, 0.1) is 22.7 Å². The van der Waals surface area contributed by atoms with Crippen LogP contribution in [0.15, 0.2) is 24.8 Å². The fourth-order valence-electron chi connectivity index (χ4n) is 5.24. The van der Waals surface area contributed by atoms with Crippen LogP contribution < -0.4 is 0 Å². The van der Waals surface area contributed by atoms with Crippen LogP contribution in [0.5, 0.6) is 0 Å². The summed E-state index contributed by atoms with van der Waals surface area (Å²) in [4.78, 5) is 12.3. The van der Waals surface area contributed by atoms with Gasteiger partial charge in [-0.1, -0.05) is 45.4 Å². The summed E-state index contributed by atoms with van der Waals surface area (Å²) < 4.78 is 0. The molecule has 0 unspecified atom stereocenters. The van der Waals surface area contributed by atoms with E-state index in [1.807, 2.05) is 6.08 Å². The van der Waals surface area contributed by atoms with Crippen LogP contribution in [0.25, 0.3) is 0 Å². The number of carbonyl (C=O) groups excluding carboxylic acids is 1. The number of ketones is 1. The fourth-order valence-corrected chi connectivity index (χ4v) is 5.24. The van der Waals surface area contributed by atoms with Gasteiger partial charge in [-0.25, -0.2) is 0 Å². The first-order valence-electron chi connectivity index (χ1n) is 8.61. The number of Topliss-reactive ketones (excluding diaryl/α,β-unsaturated/α-hetero) is 1. The molecule has 0 heterocycles. The highest BCUT2D eigenvalue weighted by Gasteiger charge is 2.52. The molecule has 21 heavy (non-hydrogen) atoms. The fraction of sp³-hybridized carbons (Fsp3) is 0.750. The summed E-state index contributed by atoms with van der Waals surface area (Å²) in [6.07, 6.45) is 10.3. The first-order chi connectivity index (χ1) is 9.81. The molecular formula is C20H32O. The highest BCUT2D eigenvalue weighted by Crippen LogP contribution is 2.61. The van der Waals surface area contributed by atoms with Gasteiger partial charge in [0.1, 0.15) is 5.78 Å². The van der Waals surface area contributed by atoms with Gasteiger partial charge in [-0.05, 0) is 54.8 Å². The minimum absolute atomic E-state index is 0.279. The van der Waals surface area contributed by atoms with Crippen molar-refractivity contribution in [3.63, 3.8) is 0 Å². The molecule has 2 rings (SSSR count). The van der Waals surface area contributed by atoms with E-state index < -0.39 is 0 Å². The quantitative estimate of drug-likeness (QED) is 0.592. The third kappa shape index (κ3) is 3.17. The van der Waals surface area contributed by atoms with Crippen molar-refractivity contribution in [1.29, 1.82) is 0 Å². The molecule has 0 amide bonds. The van der Waals surface area contributed by atoms with Gasteiger partial charge in [-0.15, -0.1) is 6.58 Å². The predicted molar refractivity (Wildman–Crippen MR) is 90.1 cm³/mol. The smallest absolute Gasteiger partial charge is 0.133 e. The molecule has 118 valence electrons. The first kappa shape index (κ1) is 16.5. The molecule has 2 fully saturated rings. The SMILES string of the molecule is C=CCCC(=O)C[C@H]1C(=C)CC[C@H]2C(C)(C)CCC[C@]12C. The van der Waals surface area contributed by atoms with E-state index in [1.54, 1.807) is 0 Å². The molecule has 0 saturated heterocycles. The maximum Gasteiger partial charge on any atom is 0.133 e. The molecule has 0 aliphatic heterocycles. The van der Waals surface area contributed by atoms with E-state index >= 15 is 0 Å². The maximum atomic E-state index is 12.3. The van der Waals surface area contributed by atoms with E-state index in [-0.39, 0.29) is 5.41 Å². The topological polar surface area (TPSA) is 17.1 Å². The van der Waals surface area contributed by atoms with Crippen LogP contribution in [-0.2, 0) is 4.79 Å². The van der Waals surface area contributed by atoms with E-state index in [4.69, 9.17) is 0 Å². The Morgan fingerprint density at radius 1 is 1.33 bits per heavy atom. The zero-order valence-electron chi connectivity index (χ0n) is 14.2. The van der Waals surface area contributed by atoms with Crippen LogP contribution in [0.2, 0.25) is 0 Å². The lowest BCUT2D eigenvalue weighted by Crippen LogP contribution is -2.49. The van der Waals surface area contributed by atoms with Gasteiger partial charge < -0.3 is 0 Å². The minimum Gasteiger partial charge on any atom is -0.300 e. The number of allylic oxidation sites excluding steroid dienone is 2. The van der Waals surface area contributed by atoms with Crippen LogP contribution in [0.4, 0.5) is 0 Å². The Hall–Kier alpha value is -0.850. The van der Waals surface area contributed by atoms with Gasteiger partial charge in [0, 0.05) is 12.8 Å². The predicted octanol–water partition coefficient (Wildman–Crippen LogP) is 5.71. The molecule has 2 aliphatic rings. The molecule has 2 saturated carbocycles. The van der Waals surface area contributed by atoms with Gasteiger partial charge in [-0.2, -0.15) is 0 Å². The third-order valence-corrected chi connectivity index (χ3v) is 6.38. The van der Waals surface area contributed by atoms with Crippen molar-refractivity contribution >= 4 is 5.78 Å². The Morgan fingerprint density at radius 3 is 2.71 bits per heavy atom. The zero-order chi connectivity index (χ0) is 15.7. The summed E-state index contributed by atoms with van der Waals surface area (Å²) in [5, 5.41) is 0. The monoisotopic (exact) mass is 288 g/mol. The van der Waals surface area contributed by atoms with Crippen LogP contribution in [0.1, 0.15) is 72.1 Å². The Bertz CT molecular complexity index is 431. The largest absolute Gasteiger partial charge is 0.300 e. The average Bonchev–Trinajstić information content (AvgIpc) is 2.39. The number of carbonyl (C=O) groups is 1. The lowest BCUT2D eigenvalue weighted by atomic mass is 9.47. The van der Waals surface area contributed by atoms with Gasteiger partial charge in [0.2, 0.25) is 0 Å². The van der Waals surface area contributed by atoms with E-state index in [1.165, 1.54) is 31.3 Å². The highest BCUT2D eigenvalue weighted by atomic mass is 16.1. The van der Waals surface area contributed by atoms with Crippen molar-refractivity contribution in [3.8, 4) is 0 Å². The van der Waals surface area contributed by atoms with Gasteiger partial charge >= 0.3 is 0 Å². The van der Waals surface area contributed by atoms with Gasteiger partial charge in [-0.3, -0.25) is 4.79 Å². The second-order valence-electron chi connectivity index (χ2n) is 8.22. The molecule has 1 heteroatoms. The second-order valence-corrected chi connectivity index (χ2v) is 8.22. The highest BCUT2D eigenvalue weighted by molar-refractivity contribution is 5.79. The number of hydrogen-bond donors (Lipinski definition) is 0. The molecule has 0 aromatic rings. The van der Waals surface area contributed by atoms with Crippen molar-refractivity contribution in [2.45, 2.75) is 72.1 Å². The summed E-state index contributed by atoms with van der Waals surface area (Å²) in [6.45, 7) is 15.4. The van der Waals surface area contributed by atoms with Crippen molar-refractivity contribution in [3.05, 3.63) is 24.8 Å². The summed E-state index contributed by atoms with van der Waals surface area (Å²) in [6, 6.07) is 0. The molecule has 0 aromatic carbocycles. The Balaban J connectivity index is 2.19. The number of hydrogen-bond acceptors (Lipinski definition) is 1. The maximum absolute atomic E-state index is 12.3. The van der Waals surface area contributed by atoms with Crippen LogP contribution in [0.3, 0.4) is 0 Å². The molecule has 1 nitrogen and oxygen atoms in total. The average molecular weight is 288 g/mol. The van der Waals surface area contributed by atoms with Gasteiger partial charge in [0.05, 0.1) is 0 Å². The molecule has 0 N–H and O–H groups in total. The molecule has 0 radical (unpaired) electrons. The van der Waals surface area contributed by atoms with Crippen molar-refractivity contribution < 1.29 is 4.79 Å². The van der Waals surface area contributed by atoms with Crippen molar-refractivity contribution in [2.24, 2.45) is 22.7 Å². The van der Waals surface area contributed by atoms with Crippen molar-refractivity contribution in [2.75, 3.05) is 0 Å². The van der Waals surface area contributed by atoms with Gasteiger partial charge in [0.25, 0.3) is 0 Å². The first-order valence-corrected chi connectivity index (χ1v) is 8.61. The normalized spacial score (nSPS) is 35.1. The summed E-state index contributed by atoms with van der Waals surface area (Å²) in [5.74, 6) is 1.53. The Labute approximate surface area is 130 Å². The summed E-state index contributed by atoms with van der Waals surface area (Å²) in [7, 11) is 0. The van der Waals surface area contributed by atoms with E-state index in [0.717, 1.165) is 18.8 Å². The standard InChI is InChI=1S/C20H32O/c1-6-7-9-16(21)14-17-15(2)10-11-18-19(3,4)12-8-13-20(17,18)5/h6,17-18H,1-2,7-14H2,3-5H3/t17-,18-,20+/m0/s1. The lowest BCUT2D eigenvalue weighted by molar-refractivity contribution is -0.123. The van der Waals surface area contributed by atoms with Crippen molar-refractivity contribution in [1.82, 2.24) is 0 Å². The number of fused-ring (bicyclic) bond motifs is 1. The van der Waals surface area contributed by atoms with E-state index in [9.17, 15) is 4.79 Å². The van der Waals surface area contributed by atoms with E-state index in [2.05, 4.69) is 33.9 Å². The minimum atomic E-state index is 0.279. The summed E-state index contributed by atoms with van der Waals surface area (Å²) >= 11 is 0. The summed E-state index contributed by atoms with van der Waals surface area (Å²) in [5.41, 5.74) is 2.02. The molecule has 3 atom stereocenters. The molecule has 2 aliphatic carbocycles. The van der Waals surface area contributed by atoms with Crippen LogP contribution >= 0.6 is 0 Å². The Morgan fingerprint density at radius 2 is 2.05 bits per heavy atom. The third-order valence-electron chi connectivity index (χ3n) is 6.38. The second kappa shape index (κ2) is 6.10. The Kier molecular flexibility index (Phi) is 4.80. The van der Waals surface area contributed by atoms with Crippen LogP contribution in [-0.4, -0.2) is 5.78 Å². The molecule has 0 bridgehead atoms. The lowest BCUT2D eigenvalue weighted by Gasteiger charge is -2.58. The molecular weight excluding hydrogens is 256 g/mol. The molecule has 0 spiro atoms. The number of rotatable bonds is 5. The molecule has 0 aromatic heterocycles.